The van der Waals surface area contributed by atoms with Gasteiger partial charge in [-0.15, -0.1) is 0 Å². The summed E-state index contributed by atoms with van der Waals surface area (Å²) in [5.41, 5.74) is 1.07. The number of para-hydroxylation sites is 2. The Hall–Kier alpha value is -2.99. The molecule has 0 radical (unpaired) electrons. The molecular formula is C22H19N3O3. The van der Waals surface area contributed by atoms with E-state index in [4.69, 9.17) is 0 Å². The first-order valence-corrected chi connectivity index (χ1v) is 9.76. The molecule has 2 aromatic carbocycles. The molecule has 140 valence electrons. The minimum atomic E-state index is -1.08. The number of benzene rings is 2. The quantitative estimate of drug-likeness (QED) is 0.778. The van der Waals surface area contributed by atoms with Crippen molar-refractivity contribution in [2.24, 2.45) is 11.8 Å². The molecule has 4 heterocycles. The molecule has 4 aliphatic rings. The molecule has 6 rings (SSSR count). The summed E-state index contributed by atoms with van der Waals surface area (Å²) >= 11 is 0. The lowest BCUT2D eigenvalue weighted by Crippen LogP contribution is -2.54. The summed E-state index contributed by atoms with van der Waals surface area (Å²) in [5.74, 6) is -1.78. The SMILES string of the molecule is O=C1[C@H]2[C@@H]3CCCN3C3(C(=O)Nc4ccccc43)[C@H]2C(=O)N1c1ccccc1. The number of hydrogen-bond acceptors (Lipinski definition) is 4. The first kappa shape index (κ1) is 16.0. The van der Waals surface area contributed by atoms with Crippen LogP contribution in [-0.4, -0.2) is 35.2 Å². The zero-order chi connectivity index (χ0) is 19.0. The van der Waals surface area contributed by atoms with Crippen LogP contribution in [0.3, 0.4) is 0 Å². The molecule has 6 nitrogen and oxygen atoms in total. The van der Waals surface area contributed by atoms with Gasteiger partial charge >= 0.3 is 0 Å². The molecule has 4 atom stereocenters. The van der Waals surface area contributed by atoms with Crippen LogP contribution in [0.4, 0.5) is 11.4 Å². The molecule has 3 amide bonds. The van der Waals surface area contributed by atoms with Crippen molar-refractivity contribution in [2.75, 3.05) is 16.8 Å². The largest absolute Gasteiger partial charge is 0.324 e. The van der Waals surface area contributed by atoms with Gasteiger partial charge in [-0.2, -0.15) is 0 Å². The van der Waals surface area contributed by atoms with Crippen molar-refractivity contribution in [1.82, 2.24) is 4.90 Å². The predicted octanol–water partition coefficient (Wildman–Crippen LogP) is 2.12. The molecule has 3 fully saturated rings. The number of rotatable bonds is 1. The fourth-order valence-corrected chi connectivity index (χ4v) is 5.99. The van der Waals surface area contributed by atoms with Crippen LogP contribution >= 0.6 is 0 Å². The monoisotopic (exact) mass is 373 g/mol. The van der Waals surface area contributed by atoms with Crippen LogP contribution in [0.15, 0.2) is 54.6 Å². The molecule has 3 saturated heterocycles. The summed E-state index contributed by atoms with van der Waals surface area (Å²) in [7, 11) is 0. The van der Waals surface area contributed by atoms with Crippen LogP contribution in [0.2, 0.25) is 0 Å². The molecule has 6 heteroatoms. The third kappa shape index (κ3) is 1.66. The van der Waals surface area contributed by atoms with Crippen LogP contribution in [0.25, 0.3) is 0 Å². The van der Waals surface area contributed by atoms with Crippen molar-refractivity contribution in [3.63, 3.8) is 0 Å². The number of imide groups is 1. The number of nitrogens with one attached hydrogen (secondary N) is 1. The number of fused-ring (bicyclic) bond motifs is 7. The van der Waals surface area contributed by atoms with E-state index in [-0.39, 0.29) is 23.8 Å². The van der Waals surface area contributed by atoms with E-state index >= 15 is 0 Å². The number of carbonyl (C=O) groups is 3. The molecule has 0 bridgehead atoms. The van der Waals surface area contributed by atoms with Gasteiger partial charge in [-0.1, -0.05) is 36.4 Å². The number of anilines is 2. The highest BCUT2D eigenvalue weighted by Crippen LogP contribution is 2.60. The Bertz CT molecular complexity index is 1040. The van der Waals surface area contributed by atoms with Gasteiger partial charge in [0.05, 0.1) is 17.5 Å². The molecule has 1 spiro atoms. The highest BCUT2D eigenvalue weighted by atomic mass is 16.2. The lowest BCUT2D eigenvalue weighted by molar-refractivity contribution is -0.135. The molecule has 1 N–H and O–H groups in total. The van der Waals surface area contributed by atoms with Gasteiger partial charge in [-0.05, 0) is 37.6 Å². The fraction of sp³-hybridized carbons (Fsp3) is 0.318. The van der Waals surface area contributed by atoms with Gasteiger partial charge in [0.1, 0.15) is 5.54 Å². The minimum absolute atomic E-state index is 0.0768. The maximum Gasteiger partial charge on any atom is 0.250 e. The van der Waals surface area contributed by atoms with Crippen molar-refractivity contribution >= 4 is 29.1 Å². The zero-order valence-electron chi connectivity index (χ0n) is 15.2. The van der Waals surface area contributed by atoms with E-state index in [1.165, 1.54) is 4.90 Å². The number of amides is 3. The van der Waals surface area contributed by atoms with Gasteiger partial charge < -0.3 is 5.32 Å². The van der Waals surface area contributed by atoms with E-state index in [1.807, 2.05) is 42.5 Å². The van der Waals surface area contributed by atoms with E-state index in [9.17, 15) is 14.4 Å². The van der Waals surface area contributed by atoms with Gasteiger partial charge in [-0.3, -0.25) is 19.3 Å². The Morgan fingerprint density at radius 2 is 1.68 bits per heavy atom. The standard InChI is InChI=1S/C22H19N3O3/c26-19-17-16-11-6-12-24(16)22(14-9-4-5-10-15(14)23-21(22)28)18(17)20(27)25(19)13-7-2-1-3-8-13/h1-5,7-10,16-18H,6,11-12H2,(H,23,28)/t16-,17-,18+,22?/m0/s1. The molecule has 1 unspecified atom stereocenters. The lowest BCUT2D eigenvalue weighted by atomic mass is 9.75. The van der Waals surface area contributed by atoms with Gasteiger partial charge in [-0.25, -0.2) is 4.90 Å². The van der Waals surface area contributed by atoms with E-state index in [0.717, 1.165) is 30.6 Å². The van der Waals surface area contributed by atoms with Crippen LogP contribution in [0, 0.1) is 11.8 Å². The van der Waals surface area contributed by atoms with Gasteiger partial charge in [0, 0.05) is 17.3 Å². The Labute approximate surface area is 162 Å². The van der Waals surface area contributed by atoms with Crippen molar-refractivity contribution in [2.45, 2.75) is 24.4 Å². The summed E-state index contributed by atoms with van der Waals surface area (Å²) in [6.45, 7) is 0.727. The maximum absolute atomic E-state index is 13.6. The Balaban J connectivity index is 1.58. The Morgan fingerprint density at radius 1 is 0.929 bits per heavy atom. The fourth-order valence-electron chi connectivity index (χ4n) is 5.99. The number of carbonyl (C=O) groups excluding carboxylic acids is 3. The summed E-state index contributed by atoms with van der Waals surface area (Å²) < 4.78 is 0. The molecule has 0 saturated carbocycles. The average molecular weight is 373 g/mol. The first-order valence-electron chi connectivity index (χ1n) is 9.76. The second-order valence-electron chi connectivity index (χ2n) is 8.02. The Morgan fingerprint density at radius 3 is 2.50 bits per heavy atom. The third-order valence-electron chi connectivity index (χ3n) is 6.91. The Kier molecular flexibility index (Phi) is 3.03. The van der Waals surface area contributed by atoms with E-state index in [1.54, 1.807) is 12.1 Å². The summed E-state index contributed by atoms with van der Waals surface area (Å²) in [6, 6.07) is 16.5. The third-order valence-corrected chi connectivity index (χ3v) is 6.91. The zero-order valence-corrected chi connectivity index (χ0v) is 15.2. The molecule has 28 heavy (non-hydrogen) atoms. The topological polar surface area (TPSA) is 69.7 Å². The maximum atomic E-state index is 13.6. The summed E-state index contributed by atoms with van der Waals surface area (Å²) in [4.78, 5) is 43.9. The number of hydrogen-bond donors (Lipinski definition) is 1. The average Bonchev–Trinajstić information content (AvgIpc) is 3.41. The van der Waals surface area contributed by atoms with Crippen molar-refractivity contribution < 1.29 is 14.4 Å². The van der Waals surface area contributed by atoms with Crippen molar-refractivity contribution in [3.8, 4) is 0 Å². The second-order valence-corrected chi connectivity index (χ2v) is 8.02. The normalized spacial score (nSPS) is 33.4. The summed E-state index contributed by atoms with van der Waals surface area (Å²) in [5, 5.41) is 2.98. The lowest BCUT2D eigenvalue weighted by Gasteiger charge is -2.36. The van der Waals surface area contributed by atoms with Crippen LogP contribution < -0.4 is 10.2 Å². The van der Waals surface area contributed by atoms with Crippen LogP contribution in [-0.2, 0) is 19.9 Å². The van der Waals surface area contributed by atoms with E-state index in [0.29, 0.717) is 5.69 Å². The van der Waals surface area contributed by atoms with Crippen LogP contribution in [0.5, 0.6) is 0 Å². The van der Waals surface area contributed by atoms with Crippen molar-refractivity contribution in [1.29, 1.82) is 0 Å². The smallest absolute Gasteiger partial charge is 0.250 e. The molecular weight excluding hydrogens is 354 g/mol. The van der Waals surface area contributed by atoms with E-state index in [2.05, 4.69) is 10.2 Å². The first-order chi connectivity index (χ1) is 13.7. The van der Waals surface area contributed by atoms with Crippen molar-refractivity contribution in [3.05, 3.63) is 60.2 Å². The molecule has 4 aliphatic heterocycles. The molecule has 0 aliphatic carbocycles. The van der Waals surface area contributed by atoms with Gasteiger partial charge in [0.15, 0.2) is 0 Å². The molecule has 0 aromatic heterocycles. The van der Waals surface area contributed by atoms with Gasteiger partial charge in [0.2, 0.25) is 17.7 Å². The van der Waals surface area contributed by atoms with E-state index < -0.39 is 17.4 Å². The summed E-state index contributed by atoms with van der Waals surface area (Å²) in [6.07, 6.45) is 1.76. The highest BCUT2D eigenvalue weighted by Gasteiger charge is 2.74. The van der Waals surface area contributed by atoms with Crippen LogP contribution in [0.1, 0.15) is 18.4 Å². The molecule has 2 aromatic rings. The second kappa shape index (κ2) is 5.29. The highest BCUT2D eigenvalue weighted by molar-refractivity contribution is 6.25. The number of nitrogens with zero attached hydrogens (tertiary/aromatic N) is 2. The van der Waals surface area contributed by atoms with Gasteiger partial charge in [0.25, 0.3) is 0 Å². The minimum Gasteiger partial charge on any atom is -0.324 e. The predicted molar refractivity (Wildman–Crippen MR) is 102 cm³/mol.